The summed E-state index contributed by atoms with van der Waals surface area (Å²) in [6.45, 7) is 0.851. The lowest BCUT2D eigenvalue weighted by atomic mass is 10.1. The van der Waals surface area contributed by atoms with E-state index in [4.69, 9.17) is 0 Å². The number of hydrogen-bond acceptors (Lipinski definition) is 5. The van der Waals surface area contributed by atoms with E-state index in [0.29, 0.717) is 0 Å². The zero-order chi connectivity index (χ0) is 11.5. The first-order chi connectivity index (χ1) is 8.43. The van der Waals surface area contributed by atoms with E-state index in [0.717, 1.165) is 28.5 Å². The molecule has 0 atom stereocenters. The van der Waals surface area contributed by atoms with Gasteiger partial charge in [0.1, 0.15) is 10.7 Å². The second kappa shape index (κ2) is 4.47. The molecule has 1 aliphatic heterocycles. The number of dihydropyridines is 1. The largest absolute Gasteiger partial charge is 0.387 e. The molecule has 0 unspecified atom stereocenters. The van der Waals surface area contributed by atoms with Crippen LogP contribution in [0.5, 0.6) is 0 Å². The van der Waals surface area contributed by atoms with Crippen molar-refractivity contribution in [1.82, 2.24) is 20.3 Å². The molecule has 17 heavy (non-hydrogen) atoms. The van der Waals surface area contributed by atoms with Crippen molar-refractivity contribution in [2.24, 2.45) is 0 Å². The average molecular weight is 242 g/mol. The third kappa shape index (κ3) is 2.09. The Morgan fingerprint density at radius 1 is 1.24 bits per heavy atom. The highest BCUT2D eigenvalue weighted by molar-refractivity contribution is 7.13. The Bertz CT molecular complexity index is 571. The summed E-state index contributed by atoms with van der Waals surface area (Å²) in [5.41, 5.74) is 2.96. The Labute approximate surface area is 103 Å². The van der Waals surface area contributed by atoms with Gasteiger partial charge in [0.05, 0.1) is 11.9 Å². The monoisotopic (exact) mass is 242 g/mol. The van der Waals surface area contributed by atoms with Crippen molar-refractivity contribution in [3.8, 4) is 10.7 Å². The van der Waals surface area contributed by atoms with Crippen LogP contribution < -0.4 is 5.32 Å². The maximum absolute atomic E-state index is 4.57. The van der Waals surface area contributed by atoms with Gasteiger partial charge in [-0.05, 0) is 12.3 Å². The van der Waals surface area contributed by atoms with Gasteiger partial charge in [-0.25, -0.2) is 4.98 Å². The van der Waals surface area contributed by atoms with Gasteiger partial charge in [0.15, 0.2) is 0 Å². The molecule has 4 nitrogen and oxygen atoms in total. The fourth-order valence-corrected chi connectivity index (χ4v) is 2.37. The zero-order valence-electron chi connectivity index (χ0n) is 9.00. The van der Waals surface area contributed by atoms with Crippen molar-refractivity contribution in [1.29, 1.82) is 0 Å². The Hall–Kier alpha value is -2.01. The van der Waals surface area contributed by atoms with Gasteiger partial charge in [-0.15, -0.1) is 11.3 Å². The van der Waals surface area contributed by atoms with Crippen LogP contribution in [-0.4, -0.2) is 21.5 Å². The summed E-state index contributed by atoms with van der Waals surface area (Å²) in [4.78, 5) is 12.9. The first-order valence-corrected chi connectivity index (χ1v) is 6.14. The lowest BCUT2D eigenvalue weighted by molar-refractivity contribution is 0.974. The number of nitrogens with zero attached hydrogens (tertiary/aromatic N) is 3. The fraction of sp³-hybridized carbons (Fsp3) is 0.0833. The predicted octanol–water partition coefficient (Wildman–Crippen LogP) is 2.10. The number of rotatable bonds is 2. The predicted molar refractivity (Wildman–Crippen MR) is 68.3 cm³/mol. The van der Waals surface area contributed by atoms with Gasteiger partial charge in [-0.3, -0.25) is 9.97 Å². The van der Waals surface area contributed by atoms with Gasteiger partial charge in [0.2, 0.25) is 0 Å². The third-order valence-corrected chi connectivity index (χ3v) is 3.27. The van der Waals surface area contributed by atoms with Crippen molar-refractivity contribution in [2.45, 2.75) is 0 Å². The maximum Gasteiger partial charge on any atom is 0.144 e. The van der Waals surface area contributed by atoms with Crippen molar-refractivity contribution >= 4 is 16.9 Å². The minimum Gasteiger partial charge on any atom is -0.387 e. The second-order valence-corrected chi connectivity index (χ2v) is 4.39. The van der Waals surface area contributed by atoms with Crippen LogP contribution >= 0.6 is 11.3 Å². The van der Waals surface area contributed by atoms with Crippen molar-refractivity contribution < 1.29 is 0 Å². The van der Waals surface area contributed by atoms with E-state index < -0.39 is 0 Å². The van der Waals surface area contributed by atoms with E-state index in [1.807, 2.05) is 17.7 Å². The fourth-order valence-electron chi connectivity index (χ4n) is 1.58. The third-order valence-electron chi connectivity index (χ3n) is 2.40. The minimum atomic E-state index is 0.822. The summed E-state index contributed by atoms with van der Waals surface area (Å²) < 4.78 is 0. The molecule has 0 saturated carbocycles. The van der Waals surface area contributed by atoms with Gasteiger partial charge in [-0.1, -0.05) is 6.08 Å². The number of allylic oxidation sites excluding steroid dienone is 2. The Kier molecular flexibility index (Phi) is 2.67. The smallest absolute Gasteiger partial charge is 0.144 e. The van der Waals surface area contributed by atoms with Crippen LogP contribution in [0, 0.1) is 0 Å². The van der Waals surface area contributed by atoms with Crippen LogP contribution in [-0.2, 0) is 0 Å². The number of nitrogens with one attached hydrogen (secondary N) is 1. The van der Waals surface area contributed by atoms with Crippen molar-refractivity contribution in [3.63, 3.8) is 0 Å². The molecule has 0 amide bonds. The zero-order valence-corrected chi connectivity index (χ0v) is 9.81. The number of thiazole rings is 1. The topological polar surface area (TPSA) is 50.7 Å². The van der Waals surface area contributed by atoms with Gasteiger partial charge in [0, 0.05) is 29.9 Å². The highest BCUT2D eigenvalue weighted by Crippen LogP contribution is 2.25. The van der Waals surface area contributed by atoms with E-state index in [-0.39, 0.29) is 0 Å². The highest BCUT2D eigenvalue weighted by Gasteiger charge is 2.08. The average Bonchev–Trinajstić information content (AvgIpc) is 2.90. The van der Waals surface area contributed by atoms with E-state index in [1.165, 1.54) is 0 Å². The molecule has 0 fully saturated rings. The minimum absolute atomic E-state index is 0.822. The van der Waals surface area contributed by atoms with Crippen LogP contribution in [0.1, 0.15) is 5.69 Å². The molecule has 0 bridgehead atoms. The van der Waals surface area contributed by atoms with Crippen LogP contribution in [0.15, 0.2) is 42.3 Å². The molecule has 0 radical (unpaired) electrons. The van der Waals surface area contributed by atoms with E-state index >= 15 is 0 Å². The molecule has 0 spiro atoms. The van der Waals surface area contributed by atoms with Gasteiger partial charge >= 0.3 is 0 Å². The summed E-state index contributed by atoms with van der Waals surface area (Å²) in [5, 5.41) is 6.07. The summed E-state index contributed by atoms with van der Waals surface area (Å²) in [7, 11) is 0. The molecule has 2 aromatic heterocycles. The first kappa shape index (κ1) is 10.2. The van der Waals surface area contributed by atoms with Crippen molar-refractivity contribution in [2.75, 3.05) is 6.54 Å². The normalized spacial score (nSPS) is 14.2. The molecule has 0 saturated heterocycles. The van der Waals surface area contributed by atoms with Crippen LogP contribution in [0.3, 0.4) is 0 Å². The second-order valence-electron chi connectivity index (χ2n) is 3.53. The highest BCUT2D eigenvalue weighted by atomic mass is 32.1. The lowest BCUT2D eigenvalue weighted by Crippen LogP contribution is -2.08. The van der Waals surface area contributed by atoms with E-state index in [1.54, 1.807) is 29.9 Å². The SMILES string of the molecule is C1=CC(c2csc(-c3cnccn3)n2)=CCN1. The summed E-state index contributed by atoms with van der Waals surface area (Å²) in [5.74, 6) is 0. The molecule has 3 heterocycles. The summed E-state index contributed by atoms with van der Waals surface area (Å²) in [6.07, 6.45) is 11.2. The molecule has 84 valence electrons. The van der Waals surface area contributed by atoms with E-state index in [9.17, 15) is 0 Å². The van der Waals surface area contributed by atoms with Gasteiger partial charge in [0.25, 0.3) is 0 Å². The number of aromatic nitrogens is 3. The van der Waals surface area contributed by atoms with Gasteiger partial charge in [-0.2, -0.15) is 0 Å². The lowest BCUT2D eigenvalue weighted by Gasteiger charge is -2.04. The summed E-state index contributed by atoms with van der Waals surface area (Å²) >= 11 is 1.59. The molecule has 0 aliphatic carbocycles. The molecule has 1 N–H and O–H groups in total. The van der Waals surface area contributed by atoms with Crippen LogP contribution in [0.2, 0.25) is 0 Å². The molecule has 3 rings (SSSR count). The molecular weight excluding hydrogens is 232 g/mol. The van der Waals surface area contributed by atoms with E-state index in [2.05, 4.69) is 26.3 Å². The maximum atomic E-state index is 4.57. The van der Waals surface area contributed by atoms with Crippen molar-refractivity contribution in [3.05, 3.63) is 48.0 Å². The van der Waals surface area contributed by atoms with Crippen LogP contribution in [0.4, 0.5) is 0 Å². The summed E-state index contributed by atoms with van der Waals surface area (Å²) in [6, 6.07) is 0. The quantitative estimate of drug-likeness (QED) is 0.876. The Morgan fingerprint density at radius 2 is 2.24 bits per heavy atom. The molecule has 2 aromatic rings. The molecule has 5 heteroatoms. The standard InChI is InChI=1S/C12H10N4S/c1-3-13-4-2-9(1)11-8-17-12(16-11)10-7-14-5-6-15-10/h1-3,5-8,13H,4H2. The first-order valence-electron chi connectivity index (χ1n) is 5.26. The molecular formula is C12H10N4S. The van der Waals surface area contributed by atoms with Crippen LogP contribution in [0.25, 0.3) is 16.3 Å². The Morgan fingerprint density at radius 3 is 3.00 bits per heavy atom. The van der Waals surface area contributed by atoms with Gasteiger partial charge < -0.3 is 5.32 Å². The molecule has 1 aliphatic rings. The number of hydrogen-bond donors (Lipinski definition) is 1. The Balaban J connectivity index is 1.93. The molecule has 0 aromatic carbocycles.